The molecule has 0 bridgehead atoms. The molecule has 0 saturated carbocycles. The summed E-state index contributed by atoms with van der Waals surface area (Å²) in [6, 6.07) is 17.5. The van der Waals surface area contributed by atoms with Crippen LogP contribution in [0, 0.1) is 0 Å². The highest BCUT2D eigenvalue weighted by atomic mass is 79.9. The molecule has 6 heteroatoms. The molecule has 0 unspecified atom stereocenters. The van der Waals surface area contributed by atoms with Gasteiger partial charge < -0.3 is 15.4 Å². The van der Waals surface area contributed by atoms with Gasteiger partial charge in [-0.25, -0.2) is 0 Å². The summed E-state index contributed by atoms with van der Waals surface area (Å²) in [6.45, 7) is 0.597. The molecule has 1 aromatic heterocycles. The van der Waals surface area contributed by atoms with Crippen LogP contribution < -0.4 is 15.4 Å². The number of anilines is 2. The Hall–Kier alpha value is -2.86. The Morgan fingerprint density at radius 3 is 2.81 bits per heavy atom. The summed E-state index contributed by atoms with van der Waals surface area (Å²) >= 11 is 3.51. The van der Waals surface area contributed by atoms with Crippen molar-refractivity contribution in [3.8, 4) is 17.0 Å². The van der Waals surface area contributed by atoms with Crippen molar-refractivity contribution in [2.75, 3.05) is 19.0 Å². The van der Waals surface area contributed by atoms with E-state index in [0.29, 0.717) is 18.5 Å². The van der Waals surface area contributed by atoms with Gasteiger partial charge in [0.25, 0.3) is 5.91 Å². The largest absolute Gasteiger partial charge is 0.497 e. The second kappa shape index (κ2) is 7.40. The van der Waals surface area contributed by atoms with E-state index in [1.165, 1.54) is 0 Å². The molecule has 2 heterocycles. The third kappa shape index (κ3) is 3.66. The summed E-state index contributed by atoms with van der Waals surface area (Å²) < 4.78 is 6.28. The maximum absolute atomic E-state index is 12.5. The number of pyridine rings is 1. The summed E-state index contributed by atoms with van der Waals surface area (Å²) in [7, 11) is 1.63. The smallest absolute Gasteiger partial charge is 0.255 e. The predicted molar refractivity (Wildman–Crippen MR) is 110 cm³/mol. The van der Waals surface area contributed by atoms with Gasteiger partial charge in [-0.05, 0) is 30.3 Å². The van der Waals surface area contributed by atoms with Crippen molar-refractivity contribution in [1.29, 1.82) is 0 Å². The van der Waals surface area contributed by atoms with E-state index < -0.39 is 0 Å². The van der Waals surface area contributed by atoms with Crippen LogP contribution in [0.5, 0.6) is 5.75 Å². The highest BCUT2D eigenvalue weighted by Gasteiger charge is 2.23. The van der Waals surface area contributed by atoms with Crippen molar-refractivity contribution >= 4 is 33.2 Å². The lowest BCUT2D eigenvalue weighted by molar-refractivity contribution is 0.0946. The maximum Gasteiger partial charge on any atom is 0.255 e. The van der Waals surface area contributed by atoms with E-state index in [-0.39, 0.29) is 5.91 Å². The van der Waals surface area contributed by atoms with Crippen LogP contribution >= 0.6 is 15.9 Å². The predicted octanol–water partition coefficient (Wildman–Crippen LogP) is 4.55. The number of aromatic nitrogens is 1. The third-order valence-electron chi connectivity index (χ3n) is 4.44. The minimum absolute atomic E-state index is 0.102. The molecule has 1 amide bonds. The Kier molecular flexibility index (Phi) is 4.81. The molecule has 2 N–H and O–H groups in total. The normalized spacial score (nSPS) is 12.9. The number of halogens is 1. The Bertz CT molecular complexity index is 1020. The molecule has 2 aromatic carbocycles. The Morgan fingerprint density at radius 1 is 1.15 bits per heavy atom. The van der Waals surface area contributed by atoms with Crippen LogP contribution in [0.25, 0.3) is 11.3 Å². The van der Waals surface area contributed by atoms with E-state index >= 15 is 0 Å². The van der Waals surface area contributed by atoms with E-state index in [1.54, 1.807) is 7.11 Å². The van der Waals surface area contributed by atoms with Gasteiger partial charge in [0.2, 0.25) is 0 Å². The van der Waals surface area contributed by atoms with Crippen LogP contribution in [0.1, 0.15) is 16.1 Å². The van der Waals surface area contributed by atoms with Gasteiger partial charge in [-0.15, -0.1) is 0 Å². The van der Waals surface area contributed by atoms with Gasteiger partial charge in [0, 0.05) is 34.8 Å². The van der Waals surface area contributed by atoms with Crippen molar-refractivity contribution < 1.29 is 9.53 Å². The molecule has 0 saturated heterocycles. The lowest BCUT2D eigenvalue weighted by Gasteiger charge is -2.21. The van der Waals surface area contributed by atoms with Crippen molar-refractivity contribution in [2.24, 2.45) is 0 Å². The van der Waals surface area contributed by atoms with Gasteiger partial charge in [0.05, 0.1) is 29.7 Å². The minimum Gasteiger partial charge on any atom is -0.497 e. The second-order valence-corrected chi connectivity index (χ2v) is 7.17. The topological polar surface area (TPSA) is 63.2 Å². The van der Waals surface area contributed by atoms with Gasteiger partial charge in [-0.3, -0.25) is 9.78 Å². The standard InChI is InChI=1S/C21H18BrN3O2/c1-27-16-7-3-6-15(11-16)24-19-12-18(13-4-2-5-14(22)10-13)25-17-8-9-23-21(26)20(17)19/h2-7,10-12H,8-9H2,1H3,(H,23,26)(H,24,25). The van der Waals surface area contributed by atoms with E-state index in [1.807, 2.05) is 54.6 Å². The minimum atomic E-state index is -0.102. The van der Waals surface area contributed by atoms with Crippen LogP contribution in [0.15, 0.2) is 59.1 Å². The number of amides is 1. The molecule has 0 aliphatic carbocycles. The fourth-order valence-corrected chi connectivity index (χ4v) is 3.56. The molecular weight excluding hydrogens is 406 g/mol. The first kappa shape index (κ1) is 17.5. The first-order chi connectivity index (χ1) is 13.1. The van der Waals surface area contributed by atoms with Crippen molar-refractivity contribution in [1.82, 2.24) is 10.3 Å². The number of nitrogens with one attached hydrogen (secondary N) is 2. The molecule has 27 heavy (non-hydrogen) atoms. The Balaban J connectivity index is 1.82. The van der Waals surface area contributed by atoms with Crippen LogP contribution in [0.2, 0.25) is 0 Å². The highest BCUT2D eigenvalue weighted by Crippen LogP contribution is 2.32. The zero-order valence-electron chi connectivity index (χ0n) is 14.8. The van der Waals surface area contributed by atoms with Crippen LogP contribution in [-0.2, 0) is 6.42 Å². The van der Waals surface area contributed by atoms with Crippen LogP contribution in [0.4, 0.5) is 11.4 Å². The molecule has 136 valence electrons. The molecule has 3 aromatic rings. The van der Waals surface area contributed by atoms with Crippen LogP contribution in [0.3, 0.4) is 0 Å². The maximum atomic E-state index is 12.5. The molecule has 0 radical (unpaired) electrons. The fourth-order valence-electron chi connectivity index (χ4n) is 3.17. The third-order valence-corrected chi connectivity index (χ3v) is 4.93. The van der Waals surface area contributed by atoms with Gasteiger partial charge >= 0.3 is 0 Å². The molecule has 1 aliphatic rings. The van der Waals surface area contributed by atoms with E-state index in [2.05, 4.69) is 26.6 Å². The zero-order chi connectivity index (χ0) is 18.8. The number of methoxy groups -OCH3 is 1. The lowest BCUT2D eigenvalue weighted by Crippen LogP contribution is -2.33. The summed E-state index contributed by atoms with van der Waals surface area (Å²) in [5, 5.41) is 6.27. The summed E-state index contributed by atoms with van der Waals surface area (Å²) in [5.41, 5.74) is 4.81. The van der Waals surface area contributed by atoms with Crippen molar-refractivity contribution in [3.63, 3.8) is 0 Å². The van der Waals surface area contributed by atoms with E-state index in [9.17, 15) is 4.79 Å². The van der Waals surface area contributed by atoms with Gasteiger partial charge in [0.15, 0.2) is 0 Å². The quantitative estimate of drug-likeness (QED) is 0.645. The SMILES string of the molecule is COc1cccc(Nc2cc(-c3cccc(Br)c3)nc3c2C(=O)NCC3)c1. The van der Waals surface area contributed by atoms with Gasteiger partial charge in [-0.2, -0.15) is 0 Å². The number of carbonyl (C=O) groups is 1. The molecular formula is C21H18BrN3O2. The second-order valence-electron chi connectivity index (χ2n) is 6.25. The number of benzene rings is 2. The molecule has 0 spiro atoms. The van der Waals surface area contributed by atoms with E-state index in [4.69, 9.17) is 9.72 Å². The number of carbonyl (C=O) groups excluding carboxylic acids is 1. The number of hydrogen-bond donors (Lipinski definition) is 2. The zero-order valence-corrected chi connectivity index (χ0v) is 16.3. The average Bonchev–Trinajstić information content (AvgIpc) is 2.68. The lowest BCUT2D eigenvalue weighted by atomic mass is 10.0. The fraction of sp³-hybridized carbons (Fsp3) is 0.143. The molecule has 1 aliphatic heterocycles. The van der Waals surface area contributed by atoms with E-state index in [0.717, 1.165) is 38.5 Å². The van der Waals surface area contributed by atoms with Gasteiger partial charge in [0.1, 0.15) is 5.75 Å². The first-order valence-corrected chi connectivity index (χ1v) is 9.42. The van der Waals surface area contributed by atoms with Gasteiger partial charge in [-0.1, -0.05) is 34.1 Å². The molecule has 4 rings (SSSR count). The molecule has 0 fully saturated rings. The molecule has 0 atom stereocenters. The van der Waals surface area contributed by atoms with Crippen LogP contribution in [-0.4, -0.2) is 24.5 Å². The Labute approximate surface area is 165 Å². The summed E-state index contributed by atoms with van der Waals surface area (Å²) in [4.78, 5) is 17.3. The summed E-state index contributed by atoms with van der Waals surface area (Å²) in [6.07, 6.45) is 0.704. The van der Waals surface area contributed by atoms with Crippen molar-refractivity contribution in [2.45, 2.75) is 6.42 Å². The highest BCUT2D eigenvalue weighted by molar-refractivity contribution is 9.10. The average molecular weight is 424 g/mol. The first-order valence-electron chi connectivity index (χ1n) is 8.63. The van der Waals surface area contributed by atoms with Crippen molar-refractivity contribution in [3.05, 3.63) is 70.3 Å². The number of hydrogen-bond acceptors (Lipinski definition) is 4. The molecule has 5 nitrogen and oxygen atoms in total. The number of fused-ring (bicyclic) bond motifs is 1. The monoisotopic (exact) mass is 423 g/mol. The number of rotatable bonds is 4. The number of nitrogens with zero attached hydrogens (tertiary/aromatic N) is 1. The number of ether oxygens (including phenoxy) is 1. The summed E-state index contributed by atoms with van der Waals surface area (Å²) in [5.74, 6) is 0.648. The Morgan fingerprint density at radius 2 is 2.00 bits per heavy atom.